The van der Waals surface area contributed by atoms with E-state index in [4.69, 9.17) is 4.74 Å². The van der Waals surface area contributed by atoms with Gasteiger partial charge in [-0.3, -0.25) is 4.79 Å². The molecule has 0 saturated carbocycles. The van der Waals surface area contributed by atoms with Gasteiger partial charge in [0.05, 0.1) is 4.47 Å². The topological polar surface area (TPSA) is 38.3 Å². The molecule has 0 radical (unpaired) electrons. The van der Waals surface area contributed by atoms with Gasteiger partial charge < -0.3 is 10.1 Å². The summed E-state index contributed by atoms with van der Waals surface area (Å²) in [5, 5.41) is 3.33. The van der Waals surface area contributed by atoms with Crippen LogP contribution >= 0.6 is 15.9 Å². The van der Waals surface area contributed by atoms with Crippen molar-refractivity contribution in [3.8, 4) is 5.75 Å². The summed E-state index contributed by atoms with van der Waals surface area (Å²) in [6.45, 7) is 2.15. The maximum absolute atomic E-state index is 11.7. The maximum Gasteiger partial charge on any atom is 0.311 e. The second-order valence-corrected chi connectivity index (χ2v) is 5.49. The van der Waals surface area contributed by atoms with Gasteiger partial charge >= 0.3 is 5.97 Å². The number of hydrogen-bond donors (Lipinski definition) is 1. The zero-order valence-electron chi connectivity index (χ0n) is 10.3. The molecule has 1 aliphatic rings. The first-order chi connectivity index (χ1) is 8.75. The fourth-order valence-electron chi connectivity index (χ4n) is 2.19. The Morgan fingerprint density at radius 2 is 2.06 bits per heavy atom. The summed E-state index contributed by atoms with van der Waals surface area (Å²) in [5.41, 5.74) is 0. The second kappa shape index (κ2) is 6.90. The maximum atomic E-state index is 11.7. The van der Waals surface area contributed by atoms with Crippen molar-refractivity contribution in [2.24, 2.45) is 5.92 Å². The number of piperidine rings is 1. The van der Waals surface area contributed by atoms with Gasteiger partial charge in [0, 0.05) is 6.42 Å². The van der Waals surface area contributed by atoms with Gasteiger partial charge in [0.25, 0.3) is 0 Å². The summed E-state index contributed by atoms with van der Waals surface area (Å²) >= 11 is 3.37. The van der Waals surface area contributed by atoms with Crippen LogP contribution in [-0.4, -0.2) is 19.1 Å². The zero-order chi connectivity index (χ0) is 12.8. The van der Waals surface area contributed by atoms with E-state index in [1.165, 1.54) is 12.8 Å². The molecule has 1 heterocycles. The van der Waals surface area contributed by atoms with E-state index in [2.05, 4.69) is 21.2 Å². The molecular weight excluding hydrogens is 294 g/mol. The van der Waals surface area contributed by atoms with Crippen LogP contribution in [0.2, 0.25) is 0 Å². The molecule has 1 fully saturated rings. The minimum atomic E-state index is -0.138. The van der Waals surface area contributed by atoms with E-state index in [0.717, 1.165) is 24.0 Å². The first-order valence-electron chi connectivity index (χ1n) is 6.41. The van der Waals surface area contributed by atoms with E-state index in [-0.39, 0.29) is 5.97 Å². The molecule has 1 aromatic carbocycles. The number of ether oxygens (including phenoxy) is 1. The molecule has 0 atom stereocenters. The van der Waals surface area contributed by atoms with E-state index in [1.54, 1.807) is 6.07 Å². The average Bonchev–Trinajstić information content (AvgIpc) is 2.40. The average molecular weight is 312 g/mol. The first kappa shape index (κ1) is 13.6. The highest BCUT2D eigenvalue weighted by Crippen LogP contribution is 2.25. The number of hydrogen-bond acceptors (Lipinski definition) is 3. The molecular formula is C14H18BrNO2. The lowest BCUT2D eigenvalue weighted by molar-refractivity contribution is -0.134. The Kier molecular flexibility index (Phi) is 5.20. The molecule has 0 aromatic heterocycles. The molecule has 1 aromatic rings. The van der Waals surface area contributed by atoms with Gasteiger partial charge in [0.1, 0.15) is 5.75 Å². The second-order valence-electron chi connectivity index (χ2n) is 4.64. The third kappa shape index (κ3) is 4.10. The van der Waals surface area contributed by atoms with Crippen LogP contribution in [-0.2, 0) is 4.79 Å². The molecule has 2 rings (SSSR count). The Balaban J connectivity index is 1.76. The van der Waals surface area contributed by atoms with Crippen molar-refractivity contribution in [1.82, 2.24) is 5.32 Å². The predicted octanol–water partition coefficient (Wildman–Crippen LogP) is 3.13. The van der Waals surface area contributed by atoms with Crippen molar-refractivity contribution in [2.75, 3.05) is 13.1 Å². The van der Waals surface area contributed by atoms with Crippen LogP contribution in [0.4, 0.5) is 0 Å². The summed E-state index contributed by atoms with van der Waals surface area (Å²) < 4.78 is 6.15. The fourth-order valence-corrected chi connectivity index (χ4v) is 2.56. The standard InChI is InChI=1S/C14H18BrNO2/c15-12-3-1-2-4-13(12)18-14(17)6-5-11-7-9-16-10-8-11/h1-4,11,16H,5-10H2. The highest BCUT2D eigenvalue weighted by atomic mass is 79.9. The number of rotatable bonds is 4. The van der Waals surface area contributed by atoms with Crippen molar-refractivity contribution in [3.63, 3.8) is 0 Å². The summed E-state index contributed by atoms with van der Waals surface area (Å²) in [4.78, 5) is 11.7. The highest BCUT2D eigenvalue weighted by molar-refractivity contribution is 9.10. The highest BCUT2D eigenvalue weighted by Gasteiger charge is 2.15. The van der Waals surface area contributed by atoms with E-state index < -0.39 is 0 Å². The predicted molar refractivity (Wildman–Crippen MR) is 74.6 cm³/mol. The number of para-hydroxylation sites is 1. The molecule has 1 aliphatic heterocycles. The lowest BCUT2D eigenvalue weighted by atomic mass is 9.93. The van der Waals surface area contributed by atoms with Crippen molar-refractivity contribution in [2.45, 2.75) is 25.7 Å². The van der Waals surface area contributed by atoms with Gasteiger partial charge in [-0.2, -0.15) is 0 Å². The van der Waals surface area contributed by atoms with Crippen molar-refractivity contribution >= 4 is 21.9 Å². The van der Waals surface area contributed by atoms with E-state index in [9.17, 15) is 4.79 Å². The van der Waals surface area contributed by atoms with Crippen LogP contribution in [0.5, 0.6) is 5.75 Å². The van der Waals surface area contributed by atoms with E-state index in [0.29, 0.717) is 18.1 Å². The molecule has 0 bridgehead atoms. The van der Waals surface area contributed by atoms with E-state index >= 15 is 0 Å². The third-order valence-corrected chi connectivity index (χ3v) is 3.93. The molecule has 1 saturated heterocycles. The largest absolute Gasteiger partial charge is 0.425 e. The Morgan fingerprint density at radius 3 is 2.78 bits per heavy atom. The van der Waals surface area contributed by atoms with Gasteiger partial charge in [0.2, 0.25) is 0 Å². The van der Waals surface area contributed by atoms with Crippen LogP contribution in [0.3, 0.4) is 0 Å². The molecule has 3 nitrogen and oxygen atoms in total. The van der Waals surface area contributed by atoms with E-state index in [1.807, 2.05) is 18.2 Å². The number of esters is 1. The lowest BCUT2D eigenvalue weighted by Gasteiger charge is -2.21. The van der Waals surface area contributed by atoms with Crippen LogP contribution in [0.25, 0.3) is 0 Å². The Morgan fingerprint density at radius 1 is 1.33 bits per heavy atom. The molecule has 18 heavy (non-hydrogen) atoms. The van der Waals surface area contributed by atoms with Gasteiger partial charge in [-0.25, -0.2) is 0 Å². The Labute approximate surface area is 116 Å². The van der Waals surface area contributed by atoms with Gasteiger partial charge in [-0.15, -0.1) is 0 Å². The van der Waals surface area contributed by atoms with Crippen LogP contribution < -0.4 is 10.1 Å². The van der Waals surface area contributed by atoms with Crippen LogP contribution in [0.1, 0.15) is 25.7 Å². The smallest absolute Gasteiger partial charge is 0.311 e. The molecule has 0 amide bonds. The van der Waals surface area contributed by atoms with Crippen molar-refractivity contribution in [3.05, 3.63) is 28.7 Å². The molecule has 98 valence electrons. The third-order valence-electron chi connectivity index (χ3n) is 3.28. The minimum Gasteiger partial charge on any atom is -0.425 e. The number of benzene rings is 1. The molecule has 4 heteroatoms. The lowest BCUT2D eigenvalue weighted by Crippen LogP contribution is -2.28. The Bertz CT molecular complexity index is 403. The van der Waals surface area contributed by atoms with Crippen LogP contribution in [0, 0.1) is 5.92 Å². The van der Waals surface area contributed by atoms with Crippen molar-refractivity contribution in [1.29, 1.82) is 0 Å². The SMILES string of the molecule is O=C(CCC1CCNCC1)Oc1ccccc1Br. The van der Waals surface area contributed by atoms with Gasteiger partial charge in [-0.05, 0) is 66.3 Å². The van der Waals surface area contributed by atoms with Gasteiger partial charge in [0.15, 0.2) is 0 Å². The summed E-state index contributed by atoms with van der Waals surface area (Å²) in [6, 6.07) is 7.43. The zero-order valence-corrected chi connectivity index (χ0v) is 11.9. The normalized spacial score (nSPS) is 16.5. The quantitative estimate of drug-likeness (QED) is 0.686. The summed E-state index contributed by atoms with van der Waals surface area (Å²) in [7, 11) is 0. The summed E-state index contributed by atoms with van der Waals surface area (Å²) in [5.74, 6) is 1.13. The molecule has 0 aliphatic carbocycles. The Hall–Kier alpha value is -0.870. The molecule has 1 N–H and O–H groups in total. The summed E-state index contributed by atoms with van der Waals surface area (Å²) in [6.07, 6.45) is 3.78. The number of nitrogens with one attached hydrogen (secondary N) is 1. The first-order valence-corrected chi connectivity index (χ1v) is 7.21. The number of carbonyl (C=O) groups is 1. The number of carbonyl (C=O) groups excluding carboxylic acids is 1. The van der Waals surface area contributed by atoms with Crippen molar-refractivity contribution < 1.29 is 9.53 Å². The monoisotopic (exact) mass is 311 g/mol. The number of halogens is 1. The van der Waals surface area contributed by atoms with Gasteiger partial charge in [-0.1, -0.05) is 12.1 Å². The molecule has 0 unspecified atom stereocenters. The van der Waals surface area contributed by atoms with Crippen LogP contribution in [0.15, 0.2) is 28.7 Å². The minimum absolute atomic E-state index is 0.138. The molecule has 0 spiro atoms. The fraction of sp³-hybridized carbons (Fsp3) is 0.500.